The minimum Gasteiger partial charge on any atom is -0.341 e. The molecule has 29 heavy (non-hydrogen) atoms. The third kappa shape index (κ3) is 4.01. The molecule has 4 rings (SSSR count). The lowest BCUT2D eigenvalue weighted by atomic mass is 10.1. The first-order chi connectivity index (χ1) is 14.2. The van der Waals surface area contributed by atoms with Gasteiger partial charge in [-0.05, 0) is 44.0 Å². The van der Waals surface area contributed by atoms with Gasteiger partial charge in [-0.1, -0.05) is 30.3 Å². The number of anilines is 1. The highest BCUT2D eigenvalue weighted by molar-refractivity contribution is 6.09. The molecule has 2 aromatic heterocycles. The molecule has 2 heterocycles. The summed E-state index contributed by atoms with van der Waals surface area (Å²) in [6.45, 7) is 5.14. The van der Waals surface area contributed by atoms with Gasteiger partial charge in [-0.3, -0.25) is 4.79 Å². The van der Waals surface area contributed by atoms with Crippen LogP contribution in [0.15, 0.2) is 47.0 Å². The summed E-state index contributed by atoms with van der Waals surface area (Å²) in [4.78, 5) is 16.7. The molecule has 0 aliphatic carbocycles. The number of para-hydroxylation sites is 1. The molecule has 0 unspecified atom stereocenters. The predicted molar refractivity (Wildman–Crippen MR) is 115 cm³/mol. The number of aromatic nitrogens is 3. The topological polar surface area (TPSA) is 73.0 Å². The number of nitrogens with zero attached hydrogens (tertiary/aromatic N) is 3. The summed E-state index contributed by atoms with van der Waals surface area (Å²) >= 11 is 0. The Hall–Kier alpha value is -3.15. The standard InChI is InChI=1S/C23H26N4O2/c1-3-8-21-25-23(29-26-21)12-7-11-22(28)24-16-13-14-20-18(15-16)17-9-5-6-10-19(17)27(20)4-2/h5-6,9-10,13-15H,3-4,7-8,11-12H2,1-2H3,(H,24,28). The predicted octanol–water partition coefficient (Wildman–Crippen LogP) is 5.11. The molecule has 0 fully saturated rings. The zero-order valence-corrected chi connectivity index (χ0v) is 16.9. The number of benzene rings is 2. The molecule has 1 amide bonds. The van der Waals surface area contributed by atoms with E-state index in [-0.39, 0.29) is 5.91 Å². The fourth-order valence-corrected chi connectivity index (χ4v) is 3.81. The number of carbonyl (C=O) groups excluding carboxylic acids is 1. The average Bonchev–Trinajstić information content (AvgIpc) is 3.30. The zero-order chi connectivity index (χ0) is 20.2. The number of rotatable bonds is 8. The van der Waals surface area contributed by atoms with Crippen LogP contribution in [0.5, 0.6) is 0 Å². The first-order valence-corrected chi connectivity index (χ1v) is 10.3. The monoisotopic (exact) mass is 390 g/mol. The van der Waals surface area contributed by atoms with Gasteiger partial charge in [0.15, 0.2) is 5.82 Å². The fourth-order valence-electron chi connectivity index (χ4n) is 3.81. The van der Waals surface area contributed by atoms with Crippen LogP contribution in [0.2, 0.25) is 0 Å². The lowest BCUT2D eigenvalue weighted by Gasteiger charge is -2.06. The van der Waals surface area contributed by atoms with E-state index in [1.165, 1.54) is 16.4 Å². The molecule has 0 spiro atoms. The number of hydrogen-bond donors (Lipinski definition) is 1. The summed E-state index contributed by atoms with van der Waals surface area (Å²) in [5.74, 6) is 1.35. The number of carbonyl (C=O) groups is 1. The molecule has 4 aromatic rings. The molecule has 0 radical (unpaired) electrons. The molecule has 0 aliphatic rings. The van der Waals surface area contributed by atoms with Crippen molar-refractivity contribution in [2.45, 2.75) is 52.5 Å². The zero-order valence-electron chi connectivity index (χ0n) is 16.9. The Morgan fingerprint density at radius 1 is 1.07 bits per heavy atom. The van der Waals surface area contributed by atoms with Crippen molar-refractivity contribution in [1.82, 2.24) is 14.7 Å². The van der Waals surface area contributed by atoms with Gasteiger partial charge in [0.1, 0.15) is 0 Å². The van der Waals surface area contributed by atoms with Crippen LogP contribution >= 0.6 is 0 Å². The number of hydrogen-bond acceptors (Lipinski definition) is 4. The number of fused-ring (bicyclic) bond motifs is 3. The van der Waals surface area contributed by atoms with Gasteiger partial charge in [-0.15, -0.1) is 0 Å². The number of amides is 1. The van der Waals surface area contributed by atoms with E-state index in [2.05, 4.69) is 70.3 Å². The Morgan fingerprint density at radius 2 is 1.90 bits per heavy atom. The molecule has 0 saturated carbocycles. The quantitative estimate of drug-likeness (QED) is 0.454. The van der Waals surface area contributed by atoms with Gasteiger partial charge >= 0.3 is 0 Å². The van der Waals surface area contributed by atoms with E-state index in [1.54, 1.807) is 0 Å². The van der Waals surface area contributed by atoms with E-state index in [0.29, 0.717) is 25.2 Å². The van der Waals surface area contributed by atoms with E-state index in [9.17, 15) is 4.79 Å². The Bertz CT molecular complexity index is 1140. The summed E-state index contributed by atoms with van der Waals surface area (Å²) in [6, 6.07) is 14.5. The first kappa shape index (κ1) is 19.2. The van der Waals surface area contributed by atoms with Gasteiger partial charge in [0, 0.05) is 53.3 Å². The summed E-state index contributed by atoms with van der Waals surface area (Å²) in [5.41, 5.74) is 3.23. The van der Waals surface area contributed by atoms with Crippen LogP contribution in [0.4, 0.5) is 5.69 Å². The summed E-state index contributed by atoms with van der Waals surface area (Å²) in [6.07, 6.45) is 3.52. The number of aryl methyl sites for hydroxylation is 3. The lowest BCUT2D eigenvalue weighted by molar-refractivity contribution is -0.116. The second-order valence-electron chi connectivity index (χ2n) is 7.25. The van der Waals surface area contributed by atoms with E-state index in [0.717, 1.165) is 36.3 Å². The van der Waals surface area contributed by atoms with E-state index in [4.69, 9.17) is 4.52 Å². The molecule has 2 aromatic carbocycles. The maximum Gasteiger partial charge on any atom is 0.226 e. The molecule has 6 nitrogen and oxygen atoms in total. The summed E-state index contributed by atoms with van der Waals surface area (Å²) in [7, 11) is 0. The SMILES string of the molecule is CCCc1noc(CCCC(=O)Nc2ccc3c(c2)c2ccccc2n3CC)n1. The third-order valence-corrected chi connectivity index (χ3v) is 5.15. The second kappa shape index (κ2) is 8.47. The van der Waals surface area contributed by atoms with Gasteiger partial charge in [0.2, 0.25) is 11.8 Å². The first-order valence-electron chi connectivity index (χ1n) is 10.3. The van der Waals surface area contributed by atoms with Crippen LogP contribution in [-0.4, -0.2) is 20.6 Å². The highest BCUT2D eigenvalue weighted by Crippen LogP contribution is 2.31. The summed E-state index contributed by atoms with van der Waals surface area (Å²) < 4.78 is 7.52. The van der Waals surface area contributed by atoms with E-state index in [1.807, 2.05) is 6.07 Å². The van der Waals surface area contributed by atoms with Crippen molar-refractivity contribution in [1.29, 1.82) is 0 Å². The van der Waals surface area contributed by atoms with E-state index >= 15 is 0 Å². The Kier molecular flexibility index (Phi) is 5.60. The Balaban J connectivity index is 1.42. The van der Waals surface area contributed by atoms with Crippen molar-refractivity contribution in [3.63, 3.8) is 0 Å². The molecule has 150 valence electrons. The van der Waals surface area contributed by atoms with Crippen molar-refractivity contribution in [2.24, 2.45) is 0 Å². The second-order valence-corrected chi connectivity index (χ2v) is 7.25. The Labute approximate surface area is 169 Å². The minimum absolute atomic E-state index is 0.00289. The molecule has 0 aliphatic heterocycles. The van der Waals surface area contributed by atoms with Crippen LogP contribution in [-0.2, 0) is 24.2 Å². The average molecular weight is 390 g/mol. The van der Waals surface area contributed by atoms with Crippen LogP contribution in [0.3, 0.4) is 0 Å². The fraction of sp³-hybridized carbons (Fsp3) is 0.348. The summed E-state index contributed by atoms with van der Waals surface area (Å²) in [5, 5.41) is 9.34. The Morgan fingerprint density at radius 3 is 2.72 bits per heavy atom. The van der Waals surface area contributed by atoms with Gasteiger partial charge in [0.25, 0.3) is 0 Å². The molecular weight excluding hydrogens is 364 g/mol. The van der Waals surface area contributed by atoms with Crippen molar-refractivity contribution >= 4 is 33.4 Å². The van der Waals surface area contributed by atoms with E-state index < -0.39 is 0 Å². The van der Waals surface area contributed by atoms with Gasteiger partial charge in [-0.25, -0.2) is 0 Å². The van der Waals surface area contributed by atoms with Crippen LogP contribution in [0.25, 0.3) is 21.8 Å². The third-order valence-electron chi connectivity index (χ3n) is 5.15. The molecule has 6 heteroatoms. The largest absolute Gasteiger partial charge is 0.341 e. The lowest BCUT2D eigenvalue weighted by Crippen LogP contribution is -2.11. The maximum atomic E-state index is 12.4. The van der Waals surface area contributed by atoms with Gasteiger partial charge < -0.3 is 14.4 Å². The van der Waals surface area contributed by atoms with Crippen LogP contribution in [0.1, 0.15) is 44.8 Å². The van der Waals surface area contributed by atoms with Crippen LogP contribution < -0.4 is 5.32 Å². The van der Waals surface area contributed by atoms with Gasteiger partial charge in [0.05, 0.1) is 0 Å². The highest BCUT2D eigenvalue weighted by Gasteiger charge is 2.11. The smallest absolute Gasteiger partial charge is 0.226 e. The molecule has 0 bridgehead atoms. The van der Waals surface area contributed by atoms with Crippen molar-refractivity contribution < 1.29 is 9.32 Å². The number of nitrogens with one attached hydrogen (secondary N) is 1. The molecular formula is C23H26N4O2. The van der Waals surface area contributed by atoms with Crippen molar-refractivity contribution in [3.8, 4) is 0 Å². The maximum absolute atomic E-state index is 12.4. The normalized spacial score (nSPS) is 11.4. The van der Waals surface area contributed by atoms with Crippen molar-refractivity contribution in [2.75, 3.05) is 5.32 Å². The minimum atomic E-state index is -0.00289. The molecule has 1 N–H and O–H groups in total. The molecule has 0 saturated heterocycles. The van der Waals surface area contributed by atoms with Crippen molar-refractivity contribution in [3.05, 3.63) is 54.2 Å². The molecule has 0 atom stereocenters. The van der Waals surface area contributed by atoms with Gasteiger partial charge in [-0.2, -0.15) is 4.98 Å². The highest BCUT2D eigenvalue weighted by atomic mass is 16.5. The van der Waals surface area contributed by atoms with Crippen LogP contribution in [0, 0.1) is 0 Å².